The molecule has 0 spiro atoms. The Bertz CT molecular complexity index is 529. The molecule has 1 unspecified atom stereocenters. The van der Waals surface area contributed by atoms with Crippen LogP contribution < -0.4 is 16.0 Å². The van der Waals surface area contributed by atoms with Crippen LogP contribution >= 0.6 is 0 Å². The molecule has 1 fully saturated rings. The van der Waals surface area contributed by atoms with E-state index in [2.05, 4.69) is 15.3 Å². The van der Waals surface area contributed by atoms with Gasteiger partial charge >= 0.3 is 0 Å². The first-order valence-electron chi connectivity index (χ1n) is 6.13. The van der Waals surface area contributed by atoms with E-state index in [0.29, 0.717) is 17.5 Å². The van der Waals surface area contributed by atoms with Crippen molar-refractivity contribution >= 4 is 23.5 Å². The number of anilines is 2. The molecule has 1 aliphatic heterocycles. The van der Waals surface area contributed by atoms with Gasteiger partial charge in [0.15, 0.2) is 0 Å². The molecule has 0 radical (unpaired) electrons. The standard InChI is InChI=1S/C12H17N5O2/c1-6(2)11-14-8(13)4-9(15-11)17-5-10(18)16-12(19)7(17)3/h4,6-7H,5H2,1-3H3,(H2,13,14,15)(H,16,18,19). The quantitative estimate of drug-likeness (QED) is 0.730. The third-order valence-electron chi connectivity index (χ3n) is 2.98. The van der Waals surface area contributed by atoms with Gasteiger partial charge in [0, 0.05) is 12.0 Å². The van der Waals surface area contributed by atoms with E-state index >= 15 is 0 Å². The average molecular weight is 263 g/mol. The van der Waals surface area contributed by atoms with Crippen LogP contribution in [-0.2, 0) is 9.59 Å². The minimum Gasteiger partial charge on any atom is -0.384 e. The smallest absolute Gasteiger partial charge is 0.249 e. The van der Waals surface area contributed by atoms with Crippen LogP contribution in [0.25, 0.3) is 0 Å². The minimum absolute atomic E-state index is 0.0842. The van der Waals surface area contributed by atoms with E-state index in [1.165, 1.54) is 0 Å². The second-order valence-corrected chi connectivity index (χ2v) is 4.88. The van der Waals surface area contributed by atoms with Gasteiger partial charge < -0.3 is 10.6 Å². The highest BCUT2D eigenvalue weighted by molar-refractivity contribution is 6.04. The van der Waals surface area contributed by atoms with E-state index in [0.717, 1.165) is 0 Å². The van der Waals surface area contributed by atoms with Gasteiger partial charge in [-0.05, 0) is 6.92 Å². The Morgan fingerprint density at radius 3 is 2.74 bits per heavy atom. The predicted octanol–water partition coefficient (Wildman–Crippen LogP) is 0.0335. The topological polar surface area (TPSA) is 101 Å². The Balaban J connectivity index is 2.39. The molecule has 0 bridgehead atoms. The van der Waals surface area contributed by atoms with Gasteiger partial charge in [0.25, 0.3) is 0 Å². The van der Waals surface area contributed by atoms with Crippen LogP contribution in [0, 0.1) is 0 Å². The highest BCUT2D eigenvalue weighted by Gasteiger charge is 2.31. The molecule has 1 atom stereocenters. The summed E-state index contributed by atoms with van der Waals surface area (Å²) in [6.07, 6.45) is 0. The molecule has 19 heavy (non-hydrogen) atoms. The Morgan fingerprint density at radius 2 is 2.11 bits per heavy atom. The van der Waals surface area contributed by atoms with Gasteiger partial charge in [-0.25, -0.2) is 9.97 Å². The van der Waals surface area contributed by atoms with E-state index in [4.69, 9.17) is 5.73 Å². The van der Waals surface area contributed by atoms with Crippen molar-refractivity contribution in [2.75, 3.05) is 17.2 Å². The largest absolute Gasteiger partial charge is 0.384 e. The lowest BCUT2D eigenvalue weighted by Crippen LogP contribution is -2.57. The van der Waals surface area contributed by atoms with Gasteiger partial charge in [0.05, 0.1) is 6.54 Å². The SMILES string of the molecule is CC(C)c1nc(N)cc(N2CC(=O)NC(=O)C2C)n1. The number of hydrogen-bond donors (Lipinski definition) is 2. The summed E-state index contributed by atoms with van der Waals surface area (Å²) in [5.74, 6) is 0.879. The number of carbonyl (C=O) groups is 2. The Labute approximate surface area is 111 Å². The molecule has 3 N–H and O–H groups in total. The molecular weight excluding hydrogens is 246 g/mol. The van der Waals surface area contributed by atoms with Crippen molar-refractivity contribution in [3.05, 3.63) is 11.9 Å². The number of piperazine rings is 1. The molecule has 1 aromatic heterocycles. The molecule has 1 aromatic rings. The number of nitrogen functional groups attached to an aromatic ring is 1. The Morgan fingerprint density at radius 1 is 1.42 bits per heavy atom. The number of nitrogens with two attached hydrogens (primary N) is 1. The molecule has 0 aliphatic carbocycles. The van der Waals surface area contributed by atoms with Crippen LogP contribution in [0.5, 0.6) is 0 Å². The van der Waals surface area contributed by atoms with E-state index in [1.54, 1.807) is 17.9 Å². The fourth-order valence-corrected chi connectivity index (χ4v) is 1.87. The number of carbonyl (C=O) groups excluding carboxylic acids is 2. The van der Waals surface area contributed by atoms with Gasteiger partial charge in [-0.2, -0.15) is 0 Å². The maximum Gasteiger partial charge on any atom is 0.249 e. The van der Waals surface area contributed by atoms with Crippen LogP contribution in [0.1, 0.15) is 32.5 Å². The van der Waals surface area contributed by atoms with Crippen LogP contribution in [0.2, 0.25) is 0 Å². The third kappa shape index (κ3) is 2.64. The van der Waals surface area contributed by atoms with Crippen molar-refractivity contribution in [1.82, 2.24) is 15.3 Å². The summed E-state index contributed by atoms with van der Waals surface area (Å²) in [7, 11) is 0. The fourth-order valence-electron chi connectivity index (χ4n) is 1.87. The number of nitrogens with zero attached hydrogens (tertiary/aromatic N) is 3. The molecule has 2 rings (SSSR count). The first-order valence-corrected chi connectivity index (χ1v) is 6.13. The maximum absolute atomic E-state index is 11.6. The Kier molecular flexibility index (Phi) is 3.37. The summed E-state index contributed by atoms with van der Waals surface area (Å²) < 4.78 is 0. The van der Waals surface area contributed by atoms with Crippen molar-refractivity contribution in [2.45, 2.75) is 32.7 Å². The summed E-state index contributed by atoms with van der Waals surface area (Å²) in [4.78, 5) is 33.3. The van der Waals surface area contributed by atoms with Crippen LogP contribution in [0.15, 0.2) is 6.07 Å². The molecule has 7 nitrogen and oxygen atoms in total. The lowest BCUT2D eigenvalue weighted by molar-refractivity contribution is -0.132. The molecule has 0 saturated carbocycles. The van der Waals surface area contributed by atoms with Crippen LogP contribution in [0.4, 0.5) is 11.6 Å². The van der Waals surface area contributed by atoms with E-state index in [9.17, 15) is 9.59 Å². The zero-order valence-electron chi connectivity index (χ0n) is 11.2. The average Bonchev–Trinajstić information content (AvgIpc) is 2.32. The van der Waals surface area contributed by atoms with Gasteiger partial charge in [-0.15, -0.1) is 0 Å². The summed E-state index contributed by atoms with van der Waals surface area (Å²) >= 11 is 0. The minimum atomic E-state index is -0.466. The lowest BCUT2D eigenvalue weighted by Gasteiger charge is -2.32. The number of amides is 2. The highest BCUT2D eigenvalue weighted by atomic mass is 16.2. The Hall–Kier alpha value is -2.18. The zero-order chi connectivity index (χ0) is 14.2. The number of hydrogen-bond acceptors (Lipinski definition) is 6. The third-order valence-corrected chi connectivity index (χ3v) is 2.98. The fraction of sp³-hybridized carbons (Fsp3) is 0.500. The second kappa shape index (κ2) is 4.83. The monoisotopic (exact) mass is 263 g/mol. The van der Waals surface area contributed by atoms with Crippen molar-refractivity contribution in [2.24, 2.45) is 0 Å². The molecule has 2 amide bonds. The van der Waals surface area contributed by atoms with E-state index in [1.807, 2.05) is 13.8 Å². The van der Waals surface area contributed by atoms with Gasteiger partial charge in [-0.1, -0.05) is 13.8 Å². The van der Waals surface area contributed by atoms with Crippen LogP contribution in [0.3, 0.4) is 0 Å². The molecule has 0 aromatic carbocycles. The van der Waals surface area contributed by atoms with Crippen molar-refractivity contribution < 1.29 is 9.59 Å². The predicted molar refractivity (Wildman–Crippen MR) is 70.5 cm³/mol. The molecule has 102 valence electrons. The normalized spacial score (nSPS) is 19.8. The van der Waals surface area contributed by atoms with Crippen molar-refractivity contribution in [1.29, 1.82) is 0 Å². The van der Waals surface area contributed by atoms with E-state index in [-0.39, 0.29) is 24.3 Å². The van der Waals surface area contributed by atoms with Crippen molar-refractivity contribution in [3.63, 3.8) is 0 Å². The molecule has 1 aliphatic rings. The molecule has 1 saturated heterocycles. The summed E-state index contributed by atoms with van der Waals surface area (Å²) in [6.45, 7) is 5.71. The van der Waals surface area contributed by atoms with Crippen LogP contribution in [-0.4, -0.2) is 34.4 Å². The molecular formula is C12H17N5O2. The van der Waals surface area contributed by atoms with Gasteiger partial charge in [0.2, 0.25) is 11.8 Å². The number of nitrogens with one attached hydrogen (secondary N) is 1. The van der Waals surface area contributed by atoms with Gasteiger partial charge in [-0.3, -0.25) is 14.9 Å². The van der Waals surface area contributed by atoms with Crippen molar-refractivity contribution in [3.8, 4) is 0 Å². The van der Waals surface area contributed by atoms with E-state index < -0.39 is 6.04 Å². The summed E-state index contributed by atoms with van der Waals surface area (Å²) in [5.41, 5.74) is 5.76. The number of aromatic nitrogens is 2. The number of rotatable bonds is 2. The zero-order valence-corrected chi connectivity index (χ0v) is 11.2. The second-order valence-electron chi connectivity index (χ2n) is 4.88. The lowest BCUT2D eigenvalue weighted by atomic mass is 10.2. The molecule has 7 heteroatoms. The maximum atomic E-state index is 11.6. The van der Waals surface area contributed by atoms with Gasteiger partial charge in [0.1, 0.15) is 23.5 Å². The number of imide groups is 1. The molecule has 2 heterocycles. The first-order chi connectivity index (χ1) is 8.88. The summed E-state index contributed by atoms with van der Waals surface area (Å²) in [6, 6.07) is 1.11. The highest BCUT2D eigenvalue weighted by Crippen LogP contribution is 2.21. The summed E-state index contributed by atoms with van der Waals surface area (Å²) in [5, 5.41) is 2.29. The first kappa shape index (κ1) is 13.3.